The fourth-order valence-corrected chi connectivity index (χ4v) is 13.6. The summed E-state index contributed by atoms with van der Waals surface area (Å²) < 4.78 is 47.2. The quantitative estimate of drug-likeness (QED) is 0.126. The number of halogens is 1. The predicted molar refractivity (Wildman–Crippen MR) is 261 cm³/mol. The Bertz CT molecular complexity index is 3300. The fourth-order valence-electron chi connectivity index (χ4n) is 11.4. The van der Waals surface area contributed by atoms with Crippen LogP contribution in [0.3, 0.4) is 0 Å². The minimum Gasteiger partial charge on any atom is -0.376 e. The zero-order valence-electron chi connectivity index (χ0n) is 40.4. The topological polar surface area (TPSA) is 155 Å². The number of H-pyrrole nitrogens is 1. The molecule has 1 amide bonds. The van der Waals surface area contributed by atoms with E-state index in [1.807, 2.05) is 56.9 Å². The monoisotopic (exact) mass is 942 g/mol. The van der Waals surface area contributed by atoms with E-state index in [4.69, 9.17) is 14.4 Å². The molecule has 1 saturated heterocycles. The van der Waals surface area contributed by atoms with E-state index in [1.165, 1.54) is 5.56 Å². The summed E-state index contributed by atoms with van der Waals surface area (Å²) in [4.78, 5) is 47.7. The zero-order chi connectivity index (χ0) is 48.2. The number of carbonyl (C=O) groups is 1. The van der Waals surface area contributed by atoms with Gasteiger partial charge in [-0.15, -0.1) is 0 Å². The Labute approximate surface area is 394 Å². The van der Waals surface area contributed by atoms with Gasteiger partial charge in [-0.05, 0) is 143 Å². The molecule has 4 atom stereocenters. The van der Waals surface area contributed by atoms with Crippen molar-refractivity contribution in [1.82, 2.24) is 38.5 Å². The van der Waals surface area contributed by atoms with Gasteiger partial charge in [0.25, 0.3) is 5.91 Å². The van der Waals surface area contributed by atoms with Crippen molar-refractivity contribution in [2.24, 2.45) is 5.92 Å². The second-order valence-electron chi connectivity index (χ2n) is 19.9. The van der Waals surface area contributed by atoms with Crippen molar-refractivity contribution in [1.29, 1.82) is 0 Å². The number of rotatable bonds is 11. The summed E-state index contributed by atoms with van der Waals surface area (Å²) >= 11 is 0. The Morgan fingerprint density at radius 3 is 2.31 bits per heavy atom. The lowest BCUT2D eigenvalue weighted by Crippen LogP contribution is -2.41. The van der Waals surface area contributed by atoms with Crippen molar-refractivity contribution >= 4 is 29.3 Å². The van der Waals surface area contributed by atoms with Crippen LogP contribution >= 0.6 is 7.14 Å². The van der Waals surface area contributed by atoms with E-state index in [-0.39, 0.29) is 34.9 Å². The van der Waals surface area contributed by atoms with E-state index < -0.39 is 24.5 Å². The molecule has 1 saturated carbocycles. The van der Waals surface area contributed by atoms with Gasteiger partial charge in [0.05, 0.1) is 28.7 Å². The number of aromatic nitrogens is 7. The highest BCUT2D eigenvalue weighted by atomic mass is 31.2. The van der Waals surface area contributed by atoms with Gasteiger partial charge in [-0.2, -0.15) is 5.10 Å². The van der Waals surface area contributed by atoms with Crippen LogP contribution < -0.4 is 16.8 Å². The van der Waals surface area contributed by atoms with Gasteiger partial charge in [0.15, 0.2) is 5.82 Å². The highest BCUT2D eigenvalue weighted by Gasteiger charge is 2.59. The molecule has 14 nitrogen and oxygen atoms in total. The van der Waals surface area contributed by atoms with E-state index >= 15 is 9.18 Å². The van der Waals surface area contributed by atoms with Crippen LogP contribution in [0.15, 0.2) is 81.1 Å². The van der Waals surface area contributed by atoms with Gasteiger partial charge in [0.1, 0.15) is 30.0 Å². The van der Waals surface area contributed by atoms with Gasteiger partial charge < -0.3 is 18.8 Å². The SMILES string of the molecule is CCc1cc(-n2ccn(-c3c4c(nn3-c3cc(C)c(F)c(C)c3)CCN(C(=O)c3cc5cc([C@H]6CCOC(C)(C)C6)ccc5n3[C@@]3(c5noc(=O)[nH]5)C[C@@H]3C)[C@H]4C)c2=O)ccc1P(=O)(CC)CC. The molecule has 4 aromatic heterocycles. The summed E-state index contributed by atoms with van der Waals surface area (Å²) in [5, 5.41) is 11.1. The maximum absolute atomic E-state index is 15.6. The predicted octanol–water partition coefficient (Wildman–Crippen LogP) is 9.01. The number of aryl methyl sites for hydroxylation is 3. The normalized spacial score (nSPS) is 21.4. The summed E-state index contributed by atoms with van der Waals surface area (Å²) in [5.74, 6) is -0.0869. The zero-order valence-corrected chi connectivity index (χ0v) is 41.2. The van der Waals surface area contributed by atoms with Crippen LogP contribution in [0.1, 0.15) is 130 Å². The fraction of sp³-hybridized carbons (Fsp3) is 0.442. The number of carbonyl (C=O) groups excluding carboxylic acids is 1. The summed E-state index contributed by atoms with van der Waals surface area (Å²) in [6.07, 6.45) is 7.97. The Morgan fingerprint density at radius 2 is 1.66 bits per heavy atom. The average Bonchev–Trinajstić information content (AvgIpc) is 3.82. The number of hydrogen-bond donors (Lipinski definition) is 1. The third-order valence-corrected chi connectivity index (χ3v) is 18.7. The molecule has 0 unspecified atom stereocenters. The number of aromatic amines is 1. The molecule has 3 aromatic carbocycles. The van der Waals surface area contributed by atoms with E-state index in [0.29, 0.717) is 90.1 Å². The van der Waals surface area contributed by atoms with Crippen molar-refractivity contribution in [3.63, 3.8) is 0 Å². The molecule has 3 aliphatic rings. The number of nitrogens with one attached hydrogen (secondary N) is 1. The molecule has 2 aliphatic heterocycles. The molecule has 6 heterocycles. The third kappa shape index (κ3) is 7.21. The van der Waals surface area contributed by atoms with Crippen molar-refractivity contribution in [2.45, 2.75) is 118 Å². The molecule has 0 bridgehead atoms. The summed E-state index contributed by atoms with van der Waals surface area (Å²) in [6, 6.07) is 17.0. The molecule has 1 N–H and O–H groups in total. The lowest BCUT2D eigenvalue weighted by atomic mass is 9.83. The van der Waals surface area contributed by atoms with Crippen LogP contribution in [0.2, 0.25) is 0 Å². The minimum absolute atomic E-state index is 0.0162. The van der Waals surface area contributed by atoms with Crippen molar-refractivity contribution in [3.8, 4) is 17.2 Å². The largest absolute Gasteiger partial charge is 0.438 e. The van der Waals surface area contributed by atoms with Crippen LogP contribution in [-0.2, 0) is 27.7 Å². The lowest BCUT2D eigenvalue weighted by Gasteiger charge is -2.35. The molecule has 16 heteroatoms. The van der Waals surface area contributed by atoms with Crippen molar-refractivity contribution in [2.75, 3.05) is 25.5 Å². The summed E-state index contributed by atoms with van der Waals surface area (Å²) in [5.41, 5.74) is 5.47. The molecule has 1 aliphatic carbocycles. The standard InChI is InChI=1S/C52H60FN8O6P/c1-10-34-26-38(14-16-43(34)68(65,11-2)12-3)58-20-21-59(50(58)64)46-44-33(7)57(19-17-40(44)55-61(46)39-23-30(4)45(53)31(5)24-39)47(62)42-27-37-25-35(36-18-22-66-51(8,9)29-36)13-15-41(37)60(42)52(28-32(52)6)48-54-49(63)67-56-48/h13-16,20-21,23-27,32-33,36H,10-12,17-19,22,28-29H2,1-9H3,(H,54,56,63)/t32-,33-,36-,52-/m0/s1. The van der Waals surface area contributed by atoms with Gasteiger partial charge >= 0.3 is 11.4 Å². The molecule has 0 radical (unpaired) electrons. The number of ether oxygens (including phenoxy) is 1. The number of imidazole rings is 1. The first-order valence-electron chi connectivity index (χ1n) is 24.0. The summed E-state index contributed by atoms with van der Waals surface area (Å²) in [6.45, 7) is 18.7. The number of amides is 1. The van der Waals surface area contributed by atoms with Crippen molar-refractivity contribution in [3.05, 3.63) is 139 Å². The molecule has 2 fully saturated rings. The van der Waals surface area contributed by atoms with Crippen LogP contribution in [0.4, 0.5) is 4.39 Å². The van der Waals surface area contributed by atoms with Gasteiger partial charge in [0, 0.05) is 66.1 Å². The Morgan fingerprint density at radius 1 is 0.941 bits per heavy atom. The lowest BCUT2D eigenvalue weighted by molar-refractivity contribution is -0.0592. The van der Waals surface area contributed by atoms with Gasteiger partial charge in [-0.3, -0.25) is 23.4 Å². The molecular formula is C52H60FN8O6P. The highest BCUT2D eigenvalue weighted by molar-refractivity contribution is 7.71. The third-order valence-electron chi connectivity index (χ3n) is 15.3. The Kier molecular flexibility index (Phi) is 11.1. The van der Waals surface area contributed by atoms with E-state index in [1.54, 1.807) is 52.2 Å². The Hall–Kier alpha value is -6.05. The first-order chi connectivity index (χ1) is 32.4. The van der Waals surface area contributed by atoms with E-state index in [2.05, 4.69) is 53.7 Å². The van der Waals surface area contributed by atoms with Crippen LogP contribution in [-0.4, -0.2) is 75.5 Å². The molecule has 0 spiro atoms. The van der Waals surface area contributed by atoms with Crippen LogP contribution in [0.25, 0.3) is 28.1 Å². The van der Waals surface area contributed by atoms with Crippen LogP contribution in [0, 0.1) is 25.6 Å². The van der Waals surface area contributed by atoms with Gasteiger partial charge in [-0.25, -0.2) is 18.7 Å². The molecule has 68 heavy (non-hydrogen) atoms. The minimum atomic E-state index is -2.59. The number of hydrogen-bond acceptors (Lipinski definition) is 8. The number of fused-ring (bicyclic) bond motifs is 2. The second kappa shape index (κ2) is 16.6. The maximum Gasteiger partial charge on any atom is 0.438 e. The highest BCUT2D eigenvalue weighted by Crippen LogP contribution is 2.56. The second-order valence-corrected chi connectivity index (χ2v) is 23.4. The molecule has 7 aromatic rings. The van der Waals surface area contributed by atoms with Gasteiger partial charge in [0.2, 0.25) is 0 Å². The summed E-state index contributed by atoms with van der Waals surface area (Å²) in [7, 11) is -2.59. The number of nitrogens with zero attached hydrogens (tertiary/aromatic N) is 7. The Balaban J connectivity index is 1.11. The van der Waals surface area contributed by atoms with Gasteiger partial charge in [-0.1, -0.05) is 38.9 Å². The first kappa shape index (κ1) is 45.7. The first-order valence-corrected chi connectivity index (χ1v) is 26.1. The van der Waals surface area contributed by atoms with E-state index in [9.17, 15) is 14.2 Å². The average molecular weight is 943 g/mol. The van der Waals surface area contributed by atoms with Crippen LogP contribution in [0.5, 0.6) is 0 Å². The van der Waals surface area contributed by atoms with E-state index in [0.717, 1.165) is 40.3 Å². The molecular weight excluding hydrogens is 883 g/mol. The molecule has 356 valence electrons. The molecule has 10 rings (SSSR count). The maximum atomic E-state index is 15.6. The van der Waals surface area contributed by atoms with Crippen molar-refractivity contribution < 1.29 is 23.0 Å². The smallest absolute Gasteiger partial charge is 0.376 e. The number of benzene rings is 3.